The number of carbonyl (C=O) groups excluding carboxylic acids is 2. The lowest BCUT2D eigenvalue weighted by Crippen LogP contribution is -2.50. The van der Waals surface area contributed by atoms with Crippen LogP contribution < -0.4 is 0 Å². The molecule has 1 saturated carbocycles. The van der Waals surface area contributed by atoms with Crippen molar-refractivity contribution in [3.8, 4) is 0 Å². The lowest BCUT2D eigenvalue weighted by Gasteiger charge is -2.42. The van der Waals surface area contributed by atoms with E-state index in [1.807, 2.05) is 58.0 Å². The first kappa shape index (κ1) is 18.5. The predicted molar refractivity (Wildman–Crippen MR) is 94.6 cm³/mol. The summed E-state index contributed by atoms with van der Waals surface area (Å²) >= 11 is 0. The van der Waals surface area contributed by atoms with Crippen molar-refractivity contribution < 1.29 is 14.3 Å². The van der Waals surface area contributed by atoms with Crippen molar-refractivity contribution in [2.45, 2.75) is 71.6 Å². The molecule has 132 valence electrons. The molecule has 0 saturated heterocycles. The van der Waals surface area contributed by atoms with Crippen molar-refractivity contribution in [3.63, 3.8) is 0 Å². The molecule has 0 spiro atoms. The molecule has 0 bridgehead atoms. The predicted octanol–water partition coefficient (Wildman–Crippen LogP) is 4.57. The SMILES string of the molecule is CCCC(=O)C1CC(N(Cc2ccccc2)C(=O)OC(C)(C)C)C1. The second-order valence-corrected chi connectivity index (χ2v) is 7.63. The van der Waals surface area contributed by atoms with Crippen LogP contribution >= 0.6 is 0 Å². The van der Waals surface area contributed by atoms with Crippen LogP contribution in [0.1, 0.15) is 58.9 Å². The van der Waals surface area contributed by atoms with E-state index in [1.54, 1.807) is 4.90 Å². The van der Waals surface area contributed by atoms with Crippen LogP contribution in [-0.4, -0.2) is 28.4 Å². The monoisotopic (exact) mass is 331 g/mol. The minimum atomic E-state index is -0.521. The summed E-state index contributed by atoms with van der Waals surface area (Å²) in [7, 11) is 0. The van der Waals surface area contributed by atoms with Crippen LogP contribution in [0.3, 0.4) is 0 Å². The van der Waals surface area contributed by atoms with Gasteiger partial charge in [0.05, 0.1) is 0 Å². The molecule has 0 atom stereocenters. The molecular weight excluding hydrogens is 302 g/mol. The average molecular weight is 331 g/mol. The normalized spacial score (nSPS) is 20.2. The number of ketones is 1. The van der Waals surface area contributed by atoms with Crippen LogP contribution in [0.15, 0.2) is 30.3 Å². The second-order valence-electron chi connectivity index (χ2n) is 7.63. The third-order valence-electron chi connectivity index (χ3n) is 4.33. The smallest absolute Gasteiger partial charge is 0.410 e. The summed E-state index contributed by atoms with van der Waals surface area (Å²) in [5.74, 6) is 0.438. The Balaban J connectivity index is 2.04. The molecule has 2 rings (SSSR count). The Hall–Kier alpha value is -1.84. The summed E-state index contributed by atoms with van der Waals surface area (Å²) in [5.41, 5.74) is 0.555. The van der Waals surface area contributed by atoms with Crippen molar-refractivity contribution in [1.82, 2.24) is 4.90 Å². The van der Waals surface area contributed by atoms with Gasteiger partial charge in [0.25, 0.3) is 0 Å². The van der Waals surface area contributed by atoms with Gasteiger partial charge in [0, 0.05) is 24.9 Å². The number of benzene rings is 1. The number of carbonyl (C=O) groups is 2. The fourth-order valence-electron chi connectivity index (χ4n) is 3.00. The van der Waals surface area contributed by atoms with Gasteiger partial charge in [-0.05, 0) is 45.6 Å². The number of hydrogen-bond donors (Lipinski definition) is 0. The molecule has 1 aromatic carbocycles. The molecule has 0 aliphatic heterocycles. The Labute approximate surface area is 145 Å². The third kappa shape index (κ3) is 5.08. The van der Waals surface area contributed by atoms with Gasteiger partial charge in [-0.1, -0.05) is 37.3 Å². The van der Waals surface area contributed by atoms with Crippen molar-refractivity contribution in [1.29, 1.82) is 0 Å². The van der Waals surface area contributed by atoms with Gasteiger partial charge in [-0.25, -0.2) is 4.79 Å². The highest BCUT2D eigenvalue weighted by Crippen LogP contribution is 2.35. The minimum absolute atomic E-state index is 0.0888. The van der Waals surface area contributed by atoms with Crippen LogP contribution in [0.2, 0.25) is 0 Å². The van der Waals surface area contributed by atoms with Gasteiger partial charge >= 0.3 is 6.09 Å². The Bertz CT molecular complexity index is 556. The van der Waals surface area contributed by atoms with Crippen LogP contribution in [0.5, 0.6) is 0 Å². The zero-order chi connectivity index (χ0) is 17.7. The zero-order valence-electron chi connectivity index (χ0n) is 15.2. The maximum Gasteiger partial charge on any atom is 0.410 e. The first-order valence-electron chi connectivity index (χ1n) is 8.86. The summed E-state index contributed by atoms with van der Waals surface area (Å²) in [6, 6.07) is 10.0. The Morgan fingerprint density at radius 1 is 1.17 bits per heavy atom. The van der Waals surface area contributed by atoms with E-state index in [0.717, 1.165) is 24.8 Å². The molecular formula is C20H29NO3. The van der Waals surface area contributed by atoms with E-state index in [4.69, 9.17) is 4.74 Å². The fourth-order valence-corrected chi connectivity index (χ4v) is 3.00. The first-order valence-corrected chi connectivity index (χ1v) is 8.86. The van der Waals surface area contributed by atoms with E-state index in [2.05, 4.69) is 0 Å². The van der Waals surface area contributed by atoms with E-state index in [-0.39, 0.29) is 18.1 Å². The molecule has 1 aromatic rings. The Morgan fingerprint density at radius 3 is 2.33 bits per heavy atom. The van der Waals surface area contributed by atoms with Gasteiger partial charge in [-0.3, -0.25) is 4.79 Å². The number of Topliss-reactive ketones (excluding diaryl/α,β-unsaturated/α-hetero) is 1. The molecule has 1 fully saturated rings. The van der Waals surface area contributed by atoms with Gasteiger partial charge in [0.1, 0.15) is 11.4 Å². The highest BCUT2D eigenvalue weighted by atomic mass is 16.6. The minimum Gasteiger partial charge on any atom is -0.444 e. The molecule has 0 aromatic heterocycles. The van der Waals surface area contributed by atoms with Crippen molar-refractivity contribution in [2.24, 2.45) is 5.92 Å². The molecule has 4 nitrogen and oxygen atoms in total. The number of rotatable bonds is 6. The third-order valence-corrected chi connectivity index (χ3v) is 4.33. The van der Waals surface area contributed by atoms with Crippen LogP contribution in [0.4, 0.5) is 4.79 Å². The van der Waals surface area contributed by atoms with Crippen molar-refractivity contribution in [2.75, 3.05) is 0 Å². The second kappa shape index (κ2) is 7.82. The van der Waals surface area contributed by atoms with E-state index in [0.29, 0.717) is 18.7 Å². The summed E-state index contributed by atoms with van der Waals surface area (Å²) in [6.07, 6.45) is 2.75. The lowest BCUT2D eigenvalue weighted by atomic mass is 9.75. The van der Waals surface area contributed by atoms with E-state index in [9.17, 15) is 9.59 Å². The molecule has 1 aliphatic rings. The maximum absolute atomic E-state index is 12.6. The van der Waals surface area contributed by atoms with Gasteiger partial charge in [0.15, 0.2) is 0 Å². The van der Waals surface area contributed by atoms with E-state index >= 15 is 0 Å². The average Bonchev–Trinajstić information content (AvgIpc) is 2.44. The topological polar surface area (TPSA) is 46.6 Å². The van der Waals surface area contributed by atoms with Crippen molar-refractivity contribution >= 4 is 11.9 Å². The van der Waals surface area contributed by atoms with Crippen LogP contribution in [-0.2, 0) is 16.1 Å². The molecule has 0 N–H and O–H groups in total. The first-order chi connectivity index (χ1) is 11.3. The van der Waals surface area contributed by atoms with Gasteiger partial charge in [-0.15, -0.1) is 0 Å². The number of amides is 1. The molecule has 0 radical (unpaired) electrons. The Kier molecular flexibility index (Phi) is 6.03. The highest BCUT2D eigenvalue weighted by molar-refractivity contribution is 5.82. The fraction of sp³-hybridized carbons (Fsp3) is 0.600. The van der Waals surface area contributed by atoms with Gasteiger partial charge in [0.2, 0.25) is 0 Å². The van der Waals surface area contributed by atoms with E-state index < -0.39 is 5.60 Å². The van der Waals surface area contributed by atoms with Gasteiger partial charge in [-0.2, -0.15) is 0 Å². The summed E-state index contributed by atoms with van der Waals surface area (Å²) in [6.45, 7) is 8.17. The zero-order valence-corrected chi connectivity index (χ0v) is 15.2. The summed E-state index contributed by atoms with van der Waals surface area (Å²) in [5, 5.41) is 0. The number of nitrogens with zero attached hydrogens (tertiary/aromatic N) is 1. The lowest BCUT2D eigenvalue weighted by molar-refractivity contribution is -0.127. The van der Waals surface area contributed by atoms with Crippen molar-refractivity contribution in [3.05, 3.63) is 35.9 Å². The molecule has 1 amide bonds. The highest BCUT2D eigenvalue weighted by Gasteiger charge is 2.40. The molecule has 0 heterocycles. The summed E-state index contributed by atoms with van der Waals surface area (Å²) < 4.78 is 5.57. The maximum atomic E-state index is 12.6. The molecule has 0 unspecified atom stereocenters. The molecule has 4 heteroatoms. The van der Waals surface area contributed by atoms with Crippen LogP contribution in [0, 0.1) is 5.92 Å². The molecule has 1 aliphatic carbocycles. The largest absolute Gasteiger partial charge is 0.444 e. The molecule has 24 heavy (non-hydrogen) atoms. The van der Waals surface area contributed by atoms with E-state index in [1.165, 1.54) is 0 Å². The summed E-state index contributed by atoms with van der Waals surface area (Å²) in [4.78, 5) is 26.4. The standard InChI is InChI=1S/C20H29NO3/c1-5-9-18(22)16-12-17(13-16)21(19(23)24-20(2,3)4)14-15-10-7-6-8-11-15/h6-8,10-11,16-17H,5,9,12-14H2,1-4H3. The van der Waals surface area contributed by atoms with Crippen LogP contribution in [0.25, 0.3) is 0 Å². The Morgan fingerprint density at radius 2 is 1.79 bits per heavy atom. The quantitative estimate of drug-likeness (QED) is 0.767. The number of hydrogen-bond acceptors (Lipinski definition) is 3. The number of ether oxygens (including phenoxy) is 1. The van der Waals surface area contributed by atoms with Gasteiger partial charge < -0.3 is 9.64 Å².